The van der Waals surface area contributed by atoms with Crippen molar-refractivity contribution >= 4 is 22.5 Å². The maximum Gasteiger partial charge on any atom is 0.0702 e. The zero-order chi connectivity index (χ0) is 13.9. The van der Waals surface area contributed by atoms with Crippen LogP contribution in [-0.2, 0) is 19.6 Å². The van der Waals surface area contributed by atoms with Crippen molar-refractivity contribution < 1.29 is 5.11 Å². The van der Waals surface area contributed by atoms with Crippen molar-refractivity contribution in [1.29, 1.82) is 0 Å². The van der Waals surface area contributed by atoms with Gasteiger partial charge in [0.1, 0.15) is 0 Å². The van der Waals surface area contributed by atoms with Crippen LogP contribution in [0.5, 0.6) is 0 Å². The Kier molecular flexibility index (Phi) is 3.77. The largest absolute Gasteiger partial charge is 0.392 e. The summed E-state index contributed by atoms with van der Waals surface area (Å²) < 4.78 is 2.17. The number of rotatable bonds is 4. The standard InChI is InChI=1S/C17H16ClNO/c18-15-6-7-16-14(12-20)11-19(17(16)10-15)9-8-13-4-2-1-3-5-13/h1-7,10-11,20H,8-9,12H2. The number of fused-ring (bicyclic) bond motifs is 1. The minimum Gasteiger partial charge on any atom is -0.392 e. The first-order valence-corrected chi connectivity index (χ1v) is 7.08. The first kappa shape index (κ1) is 13.2. The molecule has 0 unspecified atom stereocenters. The highest BCUT2D eigenvalue weighted by Crippen LogP contribution is 2.25. The summed E-state index contributed by atoms with van der Waals surface area (Å²) in [5.74, 6) is 0. The summed E-state index contributed by atoms with van der Waals surface area (Å²) in [6.07, 6.45) is 2.98. The van der Waals surface area contributed by atoms with E-state index in [9.17, 15) is 5.11 Å². The van der Waals surface area contributed by atoms with Gasteiger partial charge in [-0.05, 0) is 24.1 Å². The van der Waals surface area contributed by atoms with Gasteiger partial charge in [0.05, 0.1) is 6.61 Å². The molecule has 3 aromatic rings. The summed E-state index contributed by atoms with van der Waals surface area (Å²) in [6.45, 7) is 0.928. The molecule has 3 heteroatoms. The van der Waals surface area contributed by atoms with Crippen LogP contribution in [0.1, 0.15) is 11.1 Å². The van der Waals surface area contributed by atoms with Gasteiger partial charge in [-0.15, -0.1) is 0 Å². The van der Waals surface area contributed by atoms with Crippen LogP contribution in [0.3, 0.4) is 0 Å². The van der Waals surface area contributed by atoms with Crippen molar-refractivity contribution in [3.05, 3.63) is 70.9 Å². The van der Waals surface area contributed by atoms with E-state index in [-0.39, 0.29) is 6.61 Å². The Morgan fingerprint density at radius 2 is 1.85 bits per heavy atom. The average molecular weight is 286 g/mol. The van der Waals surface area contributed by atoms with Crippen molar-refractivity contribution in [3.8, 4) is 0 Å². The normalized spacial score (nSPS) is 11.1. The monoisotopic (exact) mass is 285 g/mol. The molecular weight excluding hydrogens is 270 g/mol. The second kappa shape index (κ2) is 5.70. The highest BCUT2D eigenvalue weighted by atomic mass is 35.5. The molecule has 20 heavy (non-hydrogen) atoms. The van der Waals surface area contributed by atoms with Crippen LogP contribution in [0.4, 0.5) is 0 Å². The molecule has 2 nitrogen and oxygen atoms in total. The smallest absolute Gasteiger partial charge is 0.0702 e. The maximum absolute atomic E-state index is 9.46. The van der Waals surface area contributed by atoms with Crippen LogP contribution in [0, 0.1) is 0 Å². The van der Waals surface area contributed by atoms with Crippen LogP contribution in [0.25, 0.3) is 10.9 Å². The van der Waals surface area contributed by atoms with Gasteiger partial charge in [-0.2, -0.15) is 0 Å². The van der Waals surface area contributed by atoms with Crippen LogP contribution < -0.4 is 0 Å². The molecule has 2 aromatic carbocycles. The molecule has 0 aliphatic rings. The lowest BCUT2D eigenvalue weighted by atomic mass is 10.1. The van der Waals surface area contributed by atoms with Crippen molar-refractivity contribution in [2.45, 2.75) is 19.6 Å². The Balaban J connectivity index is 1.93. The minimum absolute atomic E-state index is 0.0521. The Morgan fingerprint density at radius 1 is 1.05 bits per heavy atom. The van der Waals surface area contributed by atoms with E-state index in [0.29, 0.717) is 0 Å². The van der Waals surface area contributed by atoms with Crippen LogP contribution >= 0.6 is 11.6 Å². The van der Waals surface area contributed by atoms with Gasteiger partial charge in [0.25, 0.3) is 0 Å². The second-order valence-electron chi connectivity index (χ2n) is 4.90. The second-order valence-corrected chi connectivity index (χ2v) is 5.34. The summed E-state index contributed by atoms with van der Waals surface area (Å²) in [5.41, 5.74) is 3.34. The van der Waals surface area contributed by atoms with E-state index in [0.717, 1.165) is 34.5 Å². The number of aromatic nitrogens is 1. The van der Waals surface area contributed by atoms with E-state index in [4.69, 9.17) is 11.6 Å². The topological polar surface area (TPSA) is 25.2 Å². The number of aliphatic hydroxyl groups is 1. The lowest BCUT2D eigenvalue weighted by Crippen LogP contribution is -1.99. The molecule has 1 N–H and O–H groups in total. The molecule has 0 atom stereocenters. The summed E-state index contributed by atoms with van der Waals surface area (Å²) in [6, 6.07) is 16.2. The molecule has 1 aromatic heterocycles. The Bertz CT molecular complexity index is 718. The first-order chi connectivity index (χ1) is 9.78. The Labute approximate surface area is 123 Å². The van der Waals surface area contributed by atoms with E-state index in [1.54, 1.807) is 0 Å². The molecule has 0 bridgehead atoms. The fourth-order valence-corrected chi connectivity index (χ4v) is 2.71. The summed E-state index contributed by atoms with van der Waals surface area (Å²) in [7, 11) is 0. The predicted octanol–water partition coefficient (Wildman–Crippen LogP) is 4.03. The third-order valence-electron chi connectivity index (χ3n) is 3.58. The summed E-state index contributed by atoms with van der Waals surface area (Å²) >= 11 is 6.08. The first-order valence-electron chi connectivity index (χ1n) is 6.70. The average Bonchev–Trinajstić information content (AvgIpc) is 2.83. The lowest BCUT2D eigenvalue weighted by molar-refractivity contribution is 0.283. The van der Waals surface area contributed by atoms with Crippen LogP contribution in [0.2, 0.25) is 5.02 Å². The van der Waals surface area contributed by atoms with Gasteiger partial charge in [-0.25, -0.2) is 0 Å². The molecule has 3 rings (SSSR count). The van der Waals surface area contributed by atoms with Gasteiger partial charge in [-0.1, -0.05) is 48.0 Å². The van der Waals surface area contributed by atoms with Gasteiger partial charge < -0.3 is 9.67 Å². The van der Waals surface area contributed by atoms with Gasteiger partial charge in [0.15, 0.2) is 0 Å². The fourth-order valence-electron chi connectivity index (χ4n) is 2.55. The molecule has 0 radical (unpaired) electrons. The van der Waals surface area contributed by atoms with E-state index in [1.165, 1.54) is 5.56 Å². The zero-order valence-electron chi connectivity index (χ0n) is 11.1. The van der Waals surface area contributed by atoms with Crippen molar-refractivity contribution in [3.63, 3.8) is 0 Å². The molecule has 0 fully saturated rings. The molecule has 0 spiro atoms. The number of benzene rings is 2. The highest BCUT2D eigenvalue weighted by molar-refractivity contribution is 6.31. The third kappa shape index (κ3) is 2.58. The molecule has 102 valence electrons. The molecule has 0 saturated carbocycles. The van der Waals surface area contributed by atoms with E-state index >= 15 is 0 Å². The molecule has 0 aliphatic heterocycles. The van der Waals surface area contributed by atoms with Gasteiger partial charge in [-0.3, -0.25) is 0 Å². The molecule has 0 saturated heterocycles. The number of halogens is 1. The number of hydrogen-bond acceptors (Lipinski definition) is 1. The summed E-state index contributed by atoms with van der Waals surface area (Å²) in [4.78, 5) is 0. The molecule has 1 heterocycles. The Morgan fingerprint density at radius 3 is 2.60 bits per heavy atom. The lowest BCUT2D eigenvalue weighted by Gasteiger charge is -2.06. The molecular formula is C17H16ClNO. The van der Waals surface area contributed by atoms with Crippen molar-refractivity contribution in [2.24, 2.45) is 0 Å². The molecule has 0 aliphatic carbocycles. The number of aliphatic hydroxyl groups excluding tert-OH is 1. The van der Waals surface area contributed by atoms with Crippen molar-refractivity contribution in [1.82, 2.24) is 4.57 Å². The minimum atomic E-state index is 0.0521. The zero-order valence-corrected chi connectivity index (χ0v) is 11.8. The van der Waals surface area contributed by atoms with Crippen molar-refractivity contribution in [2.75, 3.05) is 0 Å². The van der Waals surface area contributed by atoms with E-state index in [1.807, 2.05) is 30.5 Å². The maximum atomic E-state index is 9.46. The van der Waals surface area contributed by atoms with Crippen LogP contribution in [-0.4, -0.2) is 9.67 Å². The number of hydrogen-bond donors (Lipinski definition) is 1. The number of nitrogens with zero attached hydrogens (tertiary/aromatic N) is 1. The van der Waals surface area contributed by atoms with Gasteiger partial charge in [0, 0.05) is 34.2 Å². The quantitative estimate of drug-likeness (QED) is 0.769. The third-order valence-corrected chi connectivity index (χ3v) is 3.82. The predicted molar refractivity (Wildman–Crippen MR) is 83.0 cm³/mol. The van der Waals surface area contributed by atoms with E-state index < -0.39 is 0 Å². The number of aryl methyl sites for hydroxylation is 2. The molecule has 0 amide bonds. The SMILES string of the molecule is OCc1cn(CCc2ccccc2)c2cc(Cl)ccc12. The fraction of sp³-hybridized carbons (Fsp3) is 0.176. The summed E-state index contributed by atoms with van der Waals surface area (Å²) in [5, 5.41) is 11.3. The van der Waals surface area contributed by atoms with Gasteiger partial charge >= 0.3 is 0 Å². The highest BCUT2D eigenvalue weighted by Gasteiger charge is 2.08. The van der Waals surface area contributed by atoms with Gasteiger partial charge in [0.2, 0.25) is 0 Å². The Hall–Kier alpha value is -1.77. The van der Waals surface area contributed by atoms with Crippen LogP contribution in [0.15, 0.2) is 54.7 Å². The van der Waals surface area contributed by atoms with E-state index in [2.05, 4.69) is 28.8 Å².